The maximum absolute atomic E-state index is 12.7. The third-order valence-corrected chi connectivity index (χ3v) is 5.12. The van der Waals surface area contributed by atoms with Gasteiger partial charge in [-0.3, -0.25) is 9.69 Å². The zero-order valence-electron chi connectivity index (χ0n) is 15.6. The molecule has 1 aromatic rings. The molecule has 0 saturated carbocycles. The summed E-state index contributed by atoms with van der Waals surface area (Å²) in [4.78, 5) is 28.3. The lowest BCUT2D eigenvalue weighted by Crippen LogP contribution is -2.42. The molecule has 0 aliphatic carbocycles. The largest absolute Gasteiger partial charge is 0.495 e. The minimum absolute atomic E-state index is 0.122. The molecule has 2 N–H and O–H groups in total. The number of piperidine rings is 1. The van der Waals surface area contributed by atoms with E-state index in [0.717, 1.165) is 32.6 Å². The van der Waals surface area contributed by atoms with Gasteiger partial charge in [0.05, 0.1) is 12.8 Å². The van der Waals surface area contributed by atoms with Crippen LogP contribution in [-0.2, 0) is 4.79 Å². The van der Waals surface area contributed by atoms with Gasteiger partial charge in [-0.15, -0.1) is 0 Å². The average molecular weight is 360 g/mol. The van der Waals surface area contributed by atoms with Crippen LogP contribution >= 0.6 is 0 Å². The lowest BCUT2D eigenvalue weighted by atomic mass is 10.1. The molecular formula is C19H28N4O3. The van der Waals surface area contributed by atoms with Crippen molar-refractivity contribution in [3.05, 3.63) is 18.2 Å². The Balaban J connectivity index is 1.63. The van der Waals surface area contributed by atoms with E-state index in [4.69, 9.17) is 4.74 Å². The van der Waals surface area contributed by atoms with Crippen molar-refractivity contribution in [3.63, 3.8) is 0 Å². The highest BCUT2D eigenvalue weighted by Crippen LogP contribution is 2.29. The van der Waals surface area contributed by atoms with Crippen molar-refractivity contribution in [2.75, 3.05) is 43.9 Å². The van der Waals surface area contributed by atoms with Crippen molar-refractivity contribution in [1.82, 2.24) is 9.80 Å². The van der Waals surface area contributed by atoms with Crippen LogP contribution in [0, 0.1) is 0 Å². The summed E-state index contributed by atoms with van der Waals surface area (Å²) < 4.78 is 5.33. The quantitative estimate of drug-likeness (QED) is 0.866. The summed E-state index contributed by atoms with van der Waals surface area (Å²) in [5.74, 6) is 0.413. The van der Waals surface area contributed by atoms with E-state index in [1.54, 1.807) is 25.3 Å². The molecular weight excluding hydrogens is 332 g/mol. The second-order valence-corrected chi connectivity index (χ2v) is 7.01. The van der Waals surface area contributed by atoms with Gasteiger partial charge in [0.1, 0.15) is 5.75 Å². The Hall–Kier alpha value is -2.28. The Morgan fingerprint density at radius 3 is 2.58 bits per heavy atom. The first-order valence-electron chi connectivity index (χ1n) is 9.32. The zero-order chi connectivity index (χ0) is 18.5. The molecule has 1 atom stereocenters. The van der Waals surface area contributed by atoms with Gasteiger partial charge in [-0.1, -0.05) is 6.42 Å². The van der Waals surface area contributed by atoms with E-state index < -0.39 is 0 Å². The molecule has 0 aromatic heterocycles. The van der Waals surface area contributed by atoms with Crippen molar-refractivity contribution < 1.29 is 14.3 Å². The van der Waals surface area contributed by atoms with Crippen molar-refractivity contribution in [3.8, 4) is 5.75 Å². The Morgan fingerprint density at radius 2 is 1.88 bits per heavy atom. The van der Waals surface area contributed by atoms with Gasteiger partial charge in [0.15, 0.2) is 0 Å². The molecule has 26 heavy (non-hydrogen) atoms. The van der Waals surface area contributed by atoms with Gasteiger partial charge in [0.2, 0.25) is 5.91 Å². The first kappa shape index (κ1) is 18.5. The van der Waals surface area contributed by atoms with Crippen LogP contribution in [0.5, 0.6) is 5.75 Å². The highest BCUT2D eigenvalue weighted by molar-refractivity contribution is 5.94. The molecule has 2 saturated heterocycles. The second kappa shape index (κ2) is 8.40. The molecule has 2 aliphatic heterocycles. The first-order valence-corrected chi connectivity index (χ1v) is 9.32. The molecule has 2 fully saturated rings. The van der Waals surface area contributed by atoms with Crippen molar-refractivity contribution in [2.45, 2.75) is 38.6 Å². The number of carbonyl (C=O) groups excluding carboxylic acids is 2. The Bertz CT molecular complexity index is 658. The number of hydrogen-bond donors (Lipinski definition) is 2. The van der Waals surface area contributed by atoms with E-state index in [1.165, 1.54) is 26.2 Å². The molecule has 1 unspecified atom stereocenters. The minimum atomic E-state index is -0.156. The van der Waals surface area contributed by atoms with Gasteiger partial charge in [-0.2, -0.15) is 0 Å². The fraction of sp³-hybridized carbons (Fsp3) is 0.579. The van der Waals surface area contributed by atoms with E-state index in [-0.39, 0.29) is 11.9 Å². The van der Waals surface area contributed by atoms with E-state index >= 15 is 0 Å². The van der Waals surface area contributed by atoms with E-state index in [1.807, 2.05) is 4.90 Å². The molecule has 3 rings (SSSR count). The number of urea groups is 1. The summed E-state index contributed by atoms with van der Waals surface area (Å²) in [6.45, 7) is 5.27. The van der Waals surface area contributed by atoms with Crippen LogP contribution in [-0.4, -0.2) is 61.1 Å². The maximum atomic E-state index is 12.7. The lowest BCUT2D eigenvalue weighted by molar-refractivity contribution is -0.114. The van der Waals surface area contributed by atoms with Crippen LogP contribution in [0.2, 0.25) is 0 Å². The lowest BCUT2D eigenvalue weighted by Gasteiger charge is -2.32. The van der Waals surface area contributed by atoms with Gasteiger partial charge in [0.25, 0.3) is 0 Å². The van der Waals surface area contributed by atoms with Crippen molar-refractivity contribution in [1.29, 1.82) is 0 Å². The maximum Gasteiger partial charge on any atom is 0.322 e. The number of ether oxygens (including phenoxy) is 1. The second-order valence-electron chi connectivity index (χ2n) is 7.01. The summed E-state index contributed by atoms with van der Waals surface area (Å²) in [6.07, 6.45) is 4.86. The number of amides is 3. The fourth-order valence-corrected chi connectivity index (χ4v) is 3.79. The molecule has 142 valence electrons. The Labute approximate surface area is 154 Å². The molecule has 0 spiro atoms. The first-order chi connectivity index (χ1) is 12.6. The summed E-state index contributed by atoms with van der Waals surface area (Å²) >= 11 is 0. The number of methoxy groups -OCH3 is 1. The van der Waals surface area contributed by atoms with Crippen molar-refractivity contribution >= 4 is 23.3 Å². The van der Waals surface area contributed by atoms with Gasteiger partial charge in [-0.05, 0) is 50.6 Å². The van der Waals surface area contributed by atoms with Gasteiger partial charge >= 0.3 is 6.03 Å². The number of rotatable bonds is 4. The molecule has 7 heteroatoms. The van der Waals surface area contributed by atoms with Gasteiger partial charge in [0, 0.05) is 31.7 Å². The molecule has 1 aromatic carbocycles. The number of carbonyl (C=O) groups is 2. The standard InChI is InChI=1S/C19H28N4O3/c1-14(24)20-15-6-7-18(26-2)17(12-15)21-19(25)23-11-8-16(13-23)22-9-4-3-5-10-22/h6-7,12,16H,3-5,8-11,13H2,1-2H3,(H,20,24)(H,21,25). The van der Waals surface area contributed by atoms with E-state index in [2.05, 4.69) is 15.5 Å². The smallest absolute Gasteiger partial charge is 0.322 e. The normalized spacial score (nSPS) is 20.7. The molecule has 2 heterocycles. The fourth-order valence-electron chi connectivity index (χ4n) is 3.79. The van der Waals surface area contributed by atoms with E-state index in [9.17, 15) is 9.59 Å². The summed E-state index contributed by atoms with van der Waals surface area (Å²) in [5.41, 5.74) is 1.19. The molecule has 0 bridgehead atoms. The van der Waals surface area contributed by atoms with Crippen molar-refractivity contribution in [2.24, 2.45) is 0 Å². The highest BCUT2D eigenvalue weighted by atomic mass is 16.5. The van der Waals surface area contributed by atoms with Gasteiger partial charge < -0.3 is 20.3 Å². The Morgan fingerprint density at radius 1 is 1.12 bits per heavy atom. The van der Waals surface area contributed by atoms with Crippen LogP contribution in [0.3, 0.4) is 0 Å². The summed E-state index contributed by atoms with van der Waals surface area (Å²) in [6, 6.07) is 5.55. The molecule has 7 nitrogen and oxygen atoms in total. The van der Waals surface area contributed by atoms with Crippen LogP contribution in [0.15, 0.2) is 18.2 Å². The monoisotopic (exact) mass is 360 g/mol. The number of likely N-dealkylation sites (tertiary alicyclic amines) is 2. The van der Waals surface area contributed by atoms with Crippen LogP contribution in [0.1, 0.15) is 32.6 Å². The summed E-state index contributed by atoms with van der Waals surface area (Å²) in [7, 11) is 1.56. The zero-order valence-corrected chi connectivity index (χ0v) is 15.6. The van der Waals surface area contributed by atoms with E-state index in [0.29, 0.717) is 23.2 Å². The number of nitrogens with one attached hydrogen (secondary N) is 2. The van der Waals surface area contributed by atoms with Gasteiger partial charge in [-0.25, -0.2) is 4.79 Å². The number of benzene rings is 1. The molecule has 3 amide bonds. The number of anilines is 2. The number of nitrogens with zero attached hydrogens (tertiary/aromatic N) is 2. The molecule has 0 radical (unpaired) electrons. The highest BCUT2D eigenvalue weighted by Gasteiger charge is 2.31. The topological polar surface area (TPSA) is 73.9 Å². The predicted molar refractivity (Wildman–Crippen MR) is 102 cm³/mol. The summed E-state index contributed by atoms with van der Waals surface area (Å²) in [5, 5.41) is 5.66. The SMILES string of the molecule is COc1ccc(NC(C)=O)cc1NC(=O)N1CCC(N2CCCCC2)C1. The average Bonchev–Trinajstić information content (AvgIpc) is 3.12. The van der Waals surface area contributed by atoms with Crippen LogP contribution in [0.4, 0.5) is 16.2 Å². The minimum Gasteiger partial charge on any atom is -0.495 e. The Kier molecular flexibility index (Phi) is 5.98. The van der Waals surface area contributed by atoms with Crippen LogP contribution < -0.4 is 15.4 Å². The molecule has 2 aliphatic rings. The number of hydrogen-bond acceptors (Lipinski definition) is 4. The third kappa shape index (κ3) is 4.46. The van der Waals surface area contributed by atoms with Crippen LogP contribution in [0.25, 0.3) is 0 Å². The third-order valence-electron chi connectivity index (χ3n) is 5.12. The predicted octanol–water partition coefficient (Wildman–Crippen LogP) is 2.75.